The minimum Gasteiger partial charge on any atom is -0.322 e. The van der Waals surface area contributed by atoms with Gasteiger partial charge in [0.2, 0.25) is 0 Å². The van der Waals surface area contributed by atoms with Crippen molar-refractivity contribution in [1.82, 2.24) is 9.88 Å². The second kappa shape index (κ2) is 10.4. The largest absolute Gasteiger partial charge is 0.322 e. The molecule has 1 N–H and O–H groups in total. The molecule has 0 radical (unpaired) electrons. The molecule has 0 atom stereocenters. The second-order valence-corrected chi connectivity index (χ2v) is 9.09. The highest BCUT2D eigenvalue weighted by molar-refractivity contribution is 7.16. The first-order valence-electron chi connectivity index (χ1n) is 10.9. The number of anilines is 1. The van der Waals surface area contributed by atoms with Crippen LogP contribution >= 0.6 is 23.7 Å². The van der Waals surface area contributed by atoms with E-state index in [1.165, 1.54) is 31.4 Å². The lowest BCUT2D eigenvalue weighted by Crippen LogP contribution is -2.29. The number of hydrogen-bond donors (Lipinski definition) is 1. The van der Waals surface area contributed by atoms with Gasteiger partial charge in [0.05, 0.1) is 15.7 Å². The highest BCUT2D eigenvalue weighted by Gasteiger charge is 2.16. The Labute approximate surface area is 202 Å². The first-order chi connectivity index (χ1) is 15.7. The normalized spacial score (nSPS) is 14.1. The van der Waals surface area contributed by atoms with Crippen LogP contribution in [0.3, 0.4) is 0 Å². The fourth-order valence-electron chi connectivity index (χ4n) is 4.27. The summed E-state index contributed by atoms with van der Waals surface area (Å²) in [6, 6.07) is 18.1. The van der Waals surface area contributed by atoms with Gasteiger partial charge in [0.25, 0.3) is 5.91 Å². The van der Waals surface area contributed by atoms with Gasteiger partial charge in [-0.05, 0) is 85.1 Å². The third kappa shape index (κ3) is 5.41. The van der Waals surface area contributed by atoms with Gasteiger partial charge < -0.3 is 5.32 Å². The van der Waals surface area contributed by atoms with Gasteiger partial charge in [-0.25, -0.2) is 9.37 Å². The van der Waals surface area contributed by atoms with Gasteiger partial charge >= 0.3 is 0 Å². The summed E-state index contributed by atoms with van der Waals surface area (Å²) in [5.41, 5.74) is 7.11. The predicted molar refractivity (Wildman–Crippen MR) is 136 cm³/mol. The van der Waals surface area contributed by atoms with E-state index in [0.29, 0.717) is 5.56 Å². The van der Waals surface area contributed by atoms with E-state index in [2.05, 4.69) is 15.2 Å². The van der Waals surface area contributed by atoms with Crippen LogP contribution in [0.15, 0.2) is 66.2 Å². The van der Waals surface area contributed by atoms with Gasteiger partial charge in [-0.3, -0.25) is 9.69 Å². The van der Waals surface area contributed by atoms with E-state index >= 15 is 0 Å². The summed E-state index contributed by atoms with van der Waals surface area (Å²) >= 11 is 1.58. The molecule has 2 heterocycles. The highest BCUT2D eigenvalue weighted by atomic mass is 35.5. The van der Waals surface area contributed by atoms with E-state index < -0.39 is 0 Å². The molecule has 1 amide bonds. The van der Waals surface area contributed by atoms with Crippen molar-refractivity contribution in [1.29, 1.82) is 0 Å². The molecule has 0 bridgehead atoms. The maximum absolute atomic E-state index is 13.5. The van der Waals surface area contributed by atoms with Crippen molar-refractivity contribution in [2.75, 3.05) is 18.4 Å². The average molecular weight is 482 g/mol. The molecule has 7 heteroatoms. The minimum absolute atomic E-state index is 0. The SMILES string of the molecule is Cl.O=C(Nc1ccc2scnc2c1)c1ccc(-c2ccc(F)cc2)c(CN2CCCCC2)c1. The number of hydrogen-bond acceptors (Lipinski definition) is 4. The second-order valence-electron chi connectivity index (χ2n) is 8.20. The van der Waals surface area contributed by atoms with Gasteiger partial charge in [0.15, 0.2) is 0 Å². The first kappa shape index (κ1) is 23.4. The fourth-order valence-corrected chi connectivity index (χ4v) is 4.93. The summed E-state index contributed by atoms with van der Waals surface area (Å²) in [6.45, 7) is 2.90. The maximum Gasteiger partial charge on any atom is 0.255 e. The summed E-state index contributed by atoms with van der Waals surface area (Å²) in [4.78, 5) is 19.8. The van der Waals surface area contributed by atoms with E-state index in [9.17, 15) is 9.18 Å². The molecule has 1 saturated heterocycles. The predicted octanol–water partition coefficient (Wildman–Crippen LogP) is 6.76. The van der Waals surface area contributed by atoms with Crippen molar-refractivity contribution in [3.63, 3.8) is 0 Å². The summed E-state index contributed by atoms with van der Waals surface area (Å²) in [7, 11) is 0. The smallest absolute Gasteiger partial charge is 0.255 e. The quantitative estimate of drug-likeness (QED) is 0.342. The van der Waals surface area contributed by atoms with Crippen molar-refractivity contribution in [3.05, 3.63) is 83.1 Å². The lowest BCUT2D eigenvalue weighted by molar-refractivity contribution is 0.102. The Morgan fingerprint density at radius 2 is 1.79 bits per heavy atom. The molecule has 1 aromatic heterocycles. The molecule has 1 aliphatic heterocycles. The Morgan fingerprint density at radius 1 is 1.00 bits per heavy atom. The molecule has 33 heavy (non-hydrogen) atoms. The third-order valence-electron chi connectivity index (χ3n) is 5.95. The van der Waals surface area contributed by atoms with Crippen LogP contribution < -0.4 is 5.32 Å². The number of aromatic nitrogens is 1. The Bertz CT molecular complexity index is 1250. The molecule has 1 aliphatic rings. The molecular weight excluding hydrogens is 457 g/mol. The van der Waals surface area contributed by atoms with Gasteiger partial charge in [0, 0.05) is 17.8 Å². The highest BCUT2D eigenvalue weighted by Crippen LogP contribution is 2.28. The Kier molecular flexibility index (Phi) is 7.38. The number of thiazole rings is 1. The monoisotopic (exact) mass is 481 g/mol. The minimum atomic E-state index is -0.251. The number of carbonyl (C=O) groups is 1. The molecule has 1 fully saturated rings. The van der Waals surface area contributed by atoms with Crippen LogP contribution in [0.5, 0.6) is 0 Å². The summed E-state index contributed by atoms with van der Waals surface area (Å²) in [6.07, 6.45) is 3.67. The number of halogens is 2. The molecule has 170 valence electrons. The Morgan fingerprint density at radius 3 is 2.58 bits per heavy atom. The number of carbonyl (C=O) groups excluding carboxylic acids is 1. The van der Waals surface area contributed by atoms with E-state index in [-0.39, 0.29) is 24.1 Å². The molecule has 0 aliphatic carbocycles. The molecule has 0 saturated carbocycles. The number of nitrogens with zero attached hydrogens (tertiary/aromatic N) is 2. The number of piperidine rings is 1. The van der Waals surface area contributed by atoms with Gasteiger partial charge in [-0.15, -0.1) is 23.7 Å². The number of fused-ring (bicyclic) bond motifs is 1. The molecule has 4 nitrogen and oxygen atoms in total. The fraction of sp³-hybridized carbons (Fsp3) is 0.231. The van der Waals surface area contributed by atoms with Crippen molar-refractivity contribution in [3.8, 4) is 11.1 Å². The molecule has 5 rings (SSSR count). The molecule has 4 aromatic rings. The Balaban J connectivity index is 0.00000259. The third-order valence-corrected chi connectivity index (χ3v) is 6.76. The average Bonchev–Trinajstić information content (AvgIpc) is 3.28. The van der Waals surface area contributed by atoms with E-state index in [0.717, 1.165) is 52.2 Å². The number of likely N-dealkylation sites (tertiary alicyclic amines) is 1. The van der Waals surface area contributed by atoms with Crippen LogP contribution in [-0.2, 0) is 6.54 Å². The zero-order valence-electron chi connectivity index (χ0n) is 18.1. The van der Waals surface area contributed by atoms with Gasteiger partial charge in [0.1, 0.15) is 5.82 Å². The molecule has 0 spiro atoms. The van der Waals surface area contributed by atoms with Crippen molar-refractivity contribution < 1.29 is 9.18 Å². The molecule has 3 aromatic carbocycles. The molecule has 0 unspecified atom stereocenters. The van der Waals surface area contributed by atoms with Crippen molar-refractivity contribution in [2.24, 2.45) is 0 Å². The summed E-state index contributed by atoms with van der Waals surface area (Å²) in [5, 5.41) is 3.00. The summed E-state index contributed by atoms with van der Waals surface area (Å²) < 4.78 is 14.6. The van der Waals surface area contributed by atoms with E-state index in [1.807, 2.05) is 36.4 Å². The first-order valence-corrected chi connectivity index (χ1v) is 11.8. The zero-order valence-corrected chi connectivity index (χ0v) is 19.7. The van der Waals surface area contributed by atoms with Gasteiger partial charge in [-0.1, -0.05) is 24.6 Å². The van der Waals surface area contributed by atoms with Gasteiger partial charge in [-0.2, -0.15) is 0 Å². The lowest BCUT2D eigenvalue weighted by atomic mass is 9.96. The number of benzene rings is 3. The van der Waals surface area contributed by atoms with E-state index in [1.54, 1.807) is 29.0 Å². The Hall–Kier alpha value is -2.80. The van der Waals surface area contributed by atoms with Crippen LogP contribution in [0.4, 0.5) is 10.1 Å². The van der Waals surface area contributed by atoms with Crippen LogP contribution in [0.2, 0.25) is 0 Å². The van der Waals surface area contributed by atoms with Crippen molar-refractivity contribution in [2.45, 2.75) is 25.8 Å². The number of rotatable bonds is 5. The van der Waals surface area contributed by atoms with Crippen LogP contribution in [0.1, 0.15) is 35.2 Å². The summed E-state index contributed by atoms with van der Waals surface area (Å²) in [5.74, 6) is -0.399. The molecular formula is C26H25ClFN3OS. The number of nitrogens with one attached hydrogen (secondary N) is 1. The lowest BCUT2D eigenvalue weighted by Gasteiger charge is -2.27. The van der Waals surface area contributed by atoms with Crippen LogP contribution in [0.25, 0.3) is 21.3 Å². The van der Waals surface area contributed by atoms with Crippen molar-refractivity contribution >= 4 is 45.6 Å². The standard InChI is InChI=1S/C26H24FN3OS.ClH/c27-21-7-4-18(5-8-21)23-10-6-19(14-20(23)16-30-12-2-1-3-13-30)26(31)29-22-9-11-25-24(15-22)28-17-32-25;/h4-11,14-15,17H,1-3,12-13,16H2,(H,29,31);1H. The van der Waals surface area contributed by atoms with Crippen LogP contribution in [-0.4, -0.2) is 28.9 Å². The number of amides is 1. The zero-order chi connectivity index (χ0) is 21.9. The van der Waals surface area contributed by atoms with Crippen LogP contribution in [0, 0.1) is 5.82 Å². The topological polar surface area (TPSA) is 45.2 Å². The van der Waals surface area contributed by atoms with E-state index in [4.69, 9.17) is 0 Å². The maximum atomic E-state index is 13.5.